The Morgan fingerprint density at radius 1 is 1.55 bits per heavy atom. The van der Waals surface area contributed by atoms with Crippen molar-refractivity contribution in [2.75, 3.05) is 7.11 Å². The number of unbranched alkanes of at least 4 members (excludes halogenated alkanes) is 1. The standard InChI is InChI=1S/C16H19NO3/c1-4-5-6-13-9-12(7-8-15(18)19)11(2)14(10-17)16(13)20-3/h7-9H,4-6H2,1-3H3,(H,18,19). The number of hydrogen-bond donors (Lipinski definition) is 1. The van der Waals surface area contributed by atoms with Crippen LogP contribution in [0.5, 0.6) is 5.75 Å². The number of aryl methyl sites for hydroxylation is 1. The molecule has 4 heteroatoms. The first kappa shape index (κ1) is 15.8. The third-order valence-corrected chi connectivity index (χ3v) is 3.18. The molecule has 20 heavy (non-hydrogen) atoms. The summed E-state index contributed by atoms with van der Waals surface area (Å²) in [6.45, 7) is 3.89. The van der Waals surface area contributed by atoms with Crippen molar-refractivity contribution in [1.29, 1.82) is 5.26 Å². The number of hydrogen-bond acceptors (Lipinski definition) is 3. The molecular formula is C16H19NO3. The second-order valence-electron chi connectivity index (χ2n) is 4.55. The zero-order chi connectivity index (χ0) is 15.1. The van der Waals surface area contributed by atoms with Gasteiger partial charge < -0.3 is 9.84 Å². The maximum atomic E-state index is 10.6. The maximum Gasteiger partial charge on any atom is 0.328 e. The Morgan fingerprint density at radius 2 is 2.25 bits per heavy atom. The highest BCUT2D eigenvalue weighted by atomic mass is 16.5. The maximum absolute atomic E-state index is 10.6. The van der Waals surface area contributed by atoms with Crippen LogP contribution in [0.2, 0.25) is 0 Å². The van der Waals surface area contributed by atoms with Crippen molar-refractivity contribution in [3.63, 3.8) is 0 Å². The van der Waals surface area contributed by atoms with Crippen LogP contribution >= 0.6 is 0 Å². The van der Waals surface area contributed by atoms with E-state index in [1.165, 1.54) is 6.08 Å². The number of ether oxygens (including phenoxy) is 1. The molecule has 0 unspecified atom stereocenters. The molecule has 0 aromatic heterocycles. The molecule has 1 aromatic rings. The fourth-order valence-corrected chi connectivity index (χ4v) is 2.09. The van der Waals surface area contributed by atoms with Gasteiger partial charge in [-0.05, 0) is 48.6 Å². The monoisotopic (exact) mass is 273 g/mol. The number of nitriles is 1. The molecule has 4 nitrogen and oxygen atoms in total. The van der Waals surface area contributed by atoms with E-state index in [1.54, 1.807) is 14.0 Å². The van der Waals surface area contributed by atoms with Gasteiger partial charge in [0.2, 0.25) is 0 Å². The molecule has 0 heterocycles. The first-order chi connectivity index (χ1) is 9.54. The Kier molecular flexibility index (Phi) is 5.79. The largest absolute Gasteiger partial charge is 0.495 e. The highest BCUT2D eigenvalue weighted by Gasteiger charge is 2.14. The molecule has 1 rings (SSSR count). The lowest BCUT2D eigenvalue weighted by Gasteiger charge is -2.14. The van der Waals surface area contributed by atoms with Gasteiger partial charge in [-0.3, -0.25) is 0 Å². The third kappa shape index (κ3) is 3.61. The molecule has 0 aliphatic rings. The summed E-state index contributed by atoms with van der Waals surface area (Å²) in [5, 5.41) is 18.0. The van der Waals surface area contributed by atoms with Gasteiger partial charge in [0, 0.05) is 6.08 Å². The average molecular weight is 273 g/mol. The minimum Gasteiger partial charge on any atom is -0.495 e. The topological polar surface area (TPSA) is 70.3 Å². The lowest BCUT2D eigenvalue weighted by Crippen LogP contribution is -2.00. The Bertz CT molecular complexity index is 568. The van der Waals surface area contributed by atoms with Gasteiger partial charge in [-0.2, -0.15) is 5.26 Å². The van der Waals surface area contributed by atoms with Crippen LogP contribution in [0.1, 0.15) is 42.0 Å². The first-order valence-corrected chi connectivity index (χ1v) is 6.56. The summed E-state index contributed by atoms with van der Waals surface area (Å²) in [6, 6.07) is 4.06. The van der Waals surface area contributed by atoms with Gasteiger partial charge in [-0.1, -0.05) is 13.3 Å². The van der Waals surface area contributed by atoms with Crippen LogP contribution in [0, 0.1) is 18.3 Å². The molecule has 1 N–H and O–H groups in total. The molecule has 0 aliphatic carbocycles. The highest BCUT2D eigenvalue weighted by molar-refractivity contribution is 5.86. The Labute approximate surface area is 119 Å². The quantitative estimate of drug-likeness (QED) is 0.807. The Balaban J connectivity index is 3.39. The van der Waals surface area contributed by atoms with E-state index < -0.39 is 5.97 Å². The average Bonchev–Trinajstić information content (AvgIpc) is 2.43. The number of rotatable bonds is 6. The van der Waals surface area contributed by atoms with E-state index in [1.807, 2.05) is 6.07 Å². The fraction of sp³-hybridized carbons (Fsp3) is 0.375. The SMILES string of the molecule is CCCCc1cc(C=CC(=O)O)c(C)c(C#N)c1OC. The number of aliphatic carboxylic acids is 1. The van der Waals surface area contributed by atoms with Crippen LogP contribution < -0.4 is 4.74 Å². The molecular weight excluding hydrogens is 254 g/mol. The molecule has 1 aromatic carbocycles. The molecule has 0 saturated heterocycles. The van der Waals surface area contributed by atoms with E-state index in [4.69, 9.17) is 9.84 Å². The number of benzene rings is 1. The number of carboxylic acids is 1. The minimum absolute atomic E-state index is 0.478. The lowest BCUT2D eigenvalue weighted by atomic mass is 9.95. The summed E-state index contributed by atoms with van der Waals surface area (Å²) < 4.78 is 5.36. The molecule has 0 radical (unpaired) electrons. The van der Waals surface area contributed by atoms with E-state index in [0.717, 1.165) is 42.0 Å². The second kappa shape index (κ2) is 7.34. The fourth-order valence-electron chi connectivity index (χ4n) is 2.09. The molecule has 0 bridgehead atoms. The van der Waals surface area contributed by atoms with Crippen molar-refractivity contribution in [3.8, 4) is 11.8 Å². The number of carbonyl (C=O) groups is 1. The van der Waals surface area contributed by atoms with Crippen molar-refractivity contribution in [2.45, 2.75) is 33.1 Å². The van der Waals surface area contributed by atoms with Crippen LogP contribution in [-0.4, -0.2) is 18.2 Å². The normalized spacial score (nSPS) is 10.5. The summed E-state index contributed by atoms with van der Waals surface area (Å²) in [7, 11) is 1.55. The van der Waals surface area contributed by atoms with E-state index >= 15 is 0 Å². The van der Waals surface area contributed by atoms with Gasteiger partial charge >= 0.3 is 5.97 Å². The summed E-state index contributed by atoms with van der Waals surface area (Å²) in [4.78, 5) is 10.6. The van der Waals surface area contributed by atoms with Gasteiger partial charge in [0.25, 0.3) is 0 Å². The Morgan fingerprint density at radius 3 is 2.75 bits per heavy atom. The molecule has 0 fully saturated rings. The molecule has 106 valence electrons. The summed E-state index contributed by atoms with van der Waals surface area (Å²) >= 11 is 0. The molecule has 0 atom stereocenters. The van der Waals surface area contributed by atoms with Crippen LogP contribution in [0.3, 0.4) is 0 Å². The van der Waals surface area contributed by atoms with E-state index in [0.29, 0.717) is 11.3 Å². The summed E-state index contributed by atoms with van der Waals surface area (Å²) in [6.07, 6.45) is 5.45. The van der Waals surface area contributed by atoms with E-state index in [-0.39, 0.29) is 0 Å². The number of carboxylic acid groups (broad SMARTS) is 1. The van der Waals surface area contributed by atoms with Gasteiger partial charge in [0.15, 0.2) is 0 Å². The van der Waals surface area contributed by atoms with Gasteiger partial charge in [-0.25, -0.2) is 4.79 Å². The van der Waals surface area contributed by atoms with Crippen LogP contribution in [-0.2, 0) is 11.2 Å². The van der Waals surface area contributed by atoms with E-state index in [9.17, 15) is 10.1 Å². The van der Waals surface area contributed by atoms with Crippen molar-refractivity contribution in [3.05, 3.63) is 34.4 Å². The molecule has 0 spiro atoms. The lowest BCUT2D eigenvalue weighted by molar-refractivity contribution is -0.131. The van der Waals surface area contributed by atoms with Gasteiger partial charge in [-0.15, -0.1) is 0 Å². The molecule has 0 amide bonds. The second-order valence-corrected chi connectivity index (χ2v) is 4.55. The molecule has 0 aliphatic heterocycles. The van der Waals surface area contributed by atoms with Crippen molar-refractivity contribution < 1.29 is 14.6 Å². The van der Waals surface area contributed by atoms with E-state index in [2.05, 4.69) is 13.0 Å². The minimum atomic E-state index is -1.01. The predicted octanol–water partition coefficient (Wildman–Crippen LogP) is 3.32. The summed E-state index contributed by atoms with van der Waals surface area (Å²) in [5.74, 6) is -0.403. The smallest absolute Gasteiger partial charge is 0.328 e. The third-order valence-electron chi connectivity index (χ3n) is 3.18. The summed E-state index contributed by atoms with van der Waals surface area (Å²) in [5.41, 5.74) is 2.91. The van der Waals surface area contributed by atoms with Crippen LogP contribution in [0.25, 0.3) is 6.08 Å². The zero-order valence-corrected chi connectivity index (χ0v) is 12.1. The van der Waals surface area contributed by atoms with Crippen LogP contribution in [0.15, 0.2) is 12.1 Å². The number of nitrogens with zero attached hydrogens (tertiary/aromatic N) is 1. The van der Waals surface area contributed by atoms with Crippen molar-refractivity contribution >= 4 is 12.0 Å². The van der Waals surface area contributed by atoms with Gasteiger partial charge in [0.1, 0.15) is 11.8 Å². The van der Waals surface area contributed by atoms with Crippen molar-refractivity contribution in [2.24, 2.45) is 0 Å². The number of methoxy groups -OCH3 is 1. The Hall–Kier alpha value is -2.28. The predicted molar refractivity (Wildman–Crippen MR) is 77.7 cm³/mol. The van der Waals surface area contributed by atoms with Crippen LogP contribution in [0.4, 0.5) is 0 Å². The first-order valence-electron chi connectivity index (χ1n) is 6.56. The molecule has 0 saturated carbocycles. The van der Waals surface area contributed by atoms with Gasteiger partial charge in [0.05, 0.1) is 12.7 Å². The van der Waals surface area contributed by atoms with Crippen molar-refractivity contribution in [1.82, 2.24) is 0 Å². The highest BCUT2D eigenvalue weighted by Crippen LogP contribution is 2.31. The zero-order valence-electron chi connectivity index (χ0n) is 12.1.